The molecule has 0 aliphatic carbocycles. The summed E-state index contributed by atoms with van der Waals surface area (Å²) in [6.45, 7) is 5.55. The van der Waals surface area contributed by atoms with E-state index >= 15 is 0 Å². The van der Waals surface area contributed by atoms with Gasteiger partial charge in [0.05, 0.1) is 0 Å². The predicted octanol–water partition coefficient (Wildman–Crippen LogP) is 2.77. The summed E-state index contributed by atoms with van der Waals surface area (Å²) in [5.41, 5.74) is 1.42. The maximum absolute atomic E-state index is 4.77. The second-order valence-corrected chi connectivity index (χ2v) is 7.13. The van der Waals surface area contributed by atoms with Crippen molar-refractivity contribution in [2.24, 2.45) is 10.9 Å². The van der Waals surface area contributed by atoms with Crippen LogP contribution in [0.5, 0.6) is 0 Å². The lowest BCUT2D eigenvalue weighted by atomic mass is 10.0. The molecule has 4 heteroatoms. The van der Waals surface area contributed by atoms with Gasteiger partial charge in [-0.05, 0) is 31.2 Å². The molecule has 2 unspecified atom stereocenters. The van der Waals surface area contributed by atoms with Gasteiger partial charge in [-0.3, -0.25) is 9.89 Å². The van der Waals surface area contributed by atoms with E-state index < -0.39 is 0 Å². The van der Waals surface area contributed by atoms with Crippen molar-refractivity contribution in [2.45, 2.75) is 32.4 Å². The van der Waals surface area contributed by atoms with Crippen molar-refractivity contribution in [2.75, 3.05) is 41.3 Å². The van der Waals surface area contributed by atoms with Crippen LogP contribution in [0.1, 0.15) is 25.3 Å². The van der Waals surface area contributed by atoms with Crippen molar-refractivity contribution < 1.29 is 0 Å². The molecular weight excluding hydrogens is 284 g/mol. The number of rotatable bonds is 5. The summed E-state index contributed by atoms with van der Waals surface area (Å²) in [5.74, 6) is 1.82. The van der Waals surface area contributed by atoms with Gasteiger partial charge in [0.15, 0.2) is 5.96 Å². The SMILES string of the molecule is CC1CC(CCN=C(N(C)C)N(C)C)CN1Cc1ccccc1. The van der Waals surface area contributed by atoms with E-state index in [-0.39, 0.29) is 0 Å². The van der Waals surface area contributed by atoms with Gasteiger partial charge < -0.3 is 9.80 Å². The van der Waals surface area contributed by atoms with E-state index in [1.165, 1.54) is 24.9 Å². The Morgan fingerprint density at radius 1 is 1.13 bits per heavy atom. The van der Waals surface area contributed by atoms with Crippen LogP contribution in [-0.4, -0.2) is 68.0 Å². The monoisotopic (exact) mass is 316 g/mol. The Morgan fingerprint density at radius 3 is 2.39 bits per heavy atom. The summed E-state index contributed by atoms with van der Waals surface area (Å²) in [6.07, 6.45) is 2.47. The highest BCUT2D eigenvalue weighted by Crippen LogP contribution is 2.27. The van der Waals surface area contributed by atoms with Crippen molar-refractivity contribution in [3.05, 3.63) is 35.9 Å². The minimum absolute atomic E-state index is 0.673. The first kappa shape index (κ1) is 17.8. The van der Waals surface area contributed by atoms with Crippen molar-refractivity contribution in [1.29, 1.82) is 0 Å². The topological polar surface area (TPSA) is 22.1 Å². The minimum Gasteiger partial charge on any atom is -0.349 e. The third-order valence-electron chi connectivity index (χ3n) is 4.61. The summed E-state index contributed by atoms with van der Waals surface area (Å²) in [5, 5.41) is 0. The Bertz CT molecular complexity index is 485. The molecule has 1 aliphatic heterocycles. The largest absolute Gasteiger partial charge is 0.349 e. The van der Waals surface area contributed by atoms with Gasteiger partial charge in [0, 0.05) is 53.9 Å². The first-order valence-electron chi connectivity index (χ1n) is 8.64. The Kier molecular flexibility index (Phi) is 6.46. The number of aliphatic imine (C=N–C) groups is 1. The van der Waals surface area contributed by atoms with Crippen LogP contribution in [0.25, 0.3) is 0 Å². The van der Waals surface area contributed by atoms with E-state index in [0.717, 1.165) is 25.0 Å². The number of benzene rings is 1. The Morgan fingerprint density at radius 2 is 1.78 bits per heavy atom. The third kappa shape index (κ3) is 5.24. The van der Waals surface area contributed by atoms with E-state index in [1.807, 2.05) is 0 Å². The molecule has 1 fully saturated rings. The molecule has 0 amide bonds. The fraction of sp³-hybridized carbons (Fsp3) is 0.632. The molecule has 1 heterocycles. The molecule has 1 aliphatic rings. The first-order chi connectivity index (χ1) is 11.0. The predicted molar refractivity (Wildman–Crippen MR) is 98.7 cm³/mol. The van der Waals surface area contributed by atoms with Crippen molar-refractivity contribution in [3.63, 3.8) is 0 Å². The fourth-order valence-electron chi connectivity index (χ4n) is 3.50. The molecule has 23 heavy (non-hydrogen) atoms. The van der Waals surface area contributed by atoms with Gasteiger partial charge in [-0.2, -0.15) is 0 Å². The second-order valence-electron chi connectivity index (χ2n) is 7.13. The molecule has 0 aromatic heterocycles. The highest BCUT2D eigenvalue weighted by atomic mass is 15.3. The smallest absolute Gasteiger partial charge is 0.195 e. The second kappa shape index (κ2) is 8.34. The van der Waals surface area contributed by atoms with Gasteiger partial charge in [0.1, 0.15) is 0 Å². The van der Waals surface area contributed by atoms with Crippen molar-refractivity contribution in [3.8, 4) is 0 Å². The van der Waals surface area contributed by atoms with E-state index in [2.05, 4.69) is 80.1 Å². The molecule has 1 aromatic rings. The molecule has 0 saturated carbocycles. The van der Waals surface area contributed by atoms with Crippen LogP contribution in [0.15, 0.2) is 35.3 Å². The normalized spacial score (nSPS) is 21.3. The van der Waals surface area contributed by atoms with E-state index in [4.69, 9.17) is 4.99 Å². The summed E-state index contributed by atoms with van der Waals surface area (Å²) in [6, 6.07) is 11.5. The number of hydrogen-bond acceptors (Lipinski definition) is 2. The zero-order chi connectivity index (χ0) is 16.8. The summed E-state index contributed by atoms with van der Waals surface area (Å²) < 4.78 is 0. The van der Waals surface area contributed by atoms with Gasteiger partial charge in [-0.1, -0.05) is 30.3 Å². The average molecular weight is 316 g/mol. The quantitative estimate of drug-likeness (QED) is 0.616. The molecular formula is C19H32N4. The van der Waals surface area contributed by atoms with Crippen LogP contribution in [0.2, 0.25) is 0 Å². The fourth-order valence-corrected chi connectivity index (χ4v) is 3.50. The van der Waals surface area contributed by atoms with Gasteiger partial charge in [-0.15, -0.1) is 0 Å². The lowest BCUT2D eigenvalue weighted by Crippen LogP contribution is -2.35. The number of hydrogen-bond donors (Lipinski definition) is 0. The van der Waals surface area contributed by atoms with Gasteiger partial charge in [0.25, 0.3) is 0 Å². The van der Waals surface area contributed by atoms with E-state index in [1.54, 1.807) is 0 Å². The Hall–Kier alpha value is -1.55. The Balaban J connectivity index is 1.83. The molecule has 0 N–H and O–H groups in total. The molecule has 2 atom stereocenters. The van der Waals surface area contributed by atoms with E-state index in [0.29, 0.717) is 6.04 Å². The number of likely N-dealkylation sites (tertiary alicyclic amines) is 1. The number of nitrogens with zero attached hydrogens (tertiary/aromatic N) is 4. The summed E-state index contributed by atoms with van der Waals surface area (Å²) >= 11 is 0. The van der Waals surface area contributed by atoms with Crippen molar-refractivity contribution in [1.82, 2.24) is 14.7 Å². The lowest BCUT2D eigenvalue weighted by molar-refractivity contribution is 0.255. The molecule has 1 saturated heterocycles. The molecule has 0 radical (unpaired) electrons. The standard InChI is InChI=1S/C19H32N4/c1-16-13-18(11-12-20-19(21(2)3)22(4)5)15-23(16)14-17-9-7-6-8-10-17/h6-10,16,18H,11-15H2,1-5H3. The van der Waals surface area contributed by atoms with Crippen LogP contribution >= 0.6 is 0 Å². The summed E-state index contributed by atoms with van der Waals surface area (Å²) in [4.78, 5) is 11.5. The first-order valence-corrected chi connectivity index (χ1v) is 8.64. The molecule has 128 valence electrons. The van der Waals surface area contributed by atoms with Crippen LogP contribution in [0.3, 0.4) is 0 Å². The molecule has 4 nitrogen and oxygen atoms in total. The number of guanidine groups is 1. The van der Waals surface area contributed by atoms with Gasteiger partial charge >= 0.3 is 0 Å². The van der Waals surface area contributed by atoms with Crippen LogP contribution in [0.4, 0.5) is 0 Å². The zero-order valence-electron chi connectivity index (χ0n) is 15.4. The van der Waals surface area contributed by atoms with Gasteiger partial charge in [-0.25, -0.2) is 0 Å². The van der Waals surface area contributed by atoms with Crippen LogP contribution in [0, 0.1) is 5.92 Å². The molecule has 2 rings (SSSR count). The van der Waals surface area contributed by atoms with E-state index in [9.17, 15) is 0 Å². The highest BCUT2D eigenvalue weighted by molar-refractivity contribution is 5.79. The molecule has 0 bridgehead atoms. The average Bonchev–Trinajstić information content (AvgIpc) is 2.84. The third-order valence-corrected chi connectivity index (χ3v) is 4.61. The summed E-state index contributed by atoms with van der Waals surface area (Å²) in [7, 11) is 8.21. The minimum atomic E-state index is 0.673. The molecule has 1 aromatic carbocycles. The molecule has 0 spiro atoms. The van der Waals surface area contributed by atoms with Crippen LogP contribution < -0.4 is 0 Å². The van der Waals surface area contributed by atoms with Gasteiger partial charge in [0.2, 0.25) is 0 Å². The van der Waals surface area contributed by atoms with Crippen LogP contribution in [-0.2, 0) is 6.54 Å². The maximum atomic E-state index is 4.77. The zero-order valence-corrected chi connectivity index (χ0v) is 15.4. The highest BCUT2D eigenvalue weighted by Gasteiger charge is 2.28. The van der Waals surface area contributed by atoms with Crippen molar-refractivity contribution >= 4 is 5.96 Å². The maximum Gasteiger partial charge on any atom is 0.195 e. The lowest BCUT2D eigenvalue weighted by Gasteiger charge is -2.23. The Labute approximate surface area is 141 Å².